The first-order chi connectivity index (χ1) is 9.49. The summed E-state index contributed by atoms with van der Waals surface area (Å²) in [5.74, 6) is 0.392. The Bertz CT molecular complexity index is 447. The molecule has 112 valence electrons. The highest BCUT2D eigenvalue weighted by Crippen LogP contribution is 2.31. The fraction of sp³-hybridized carbons (Fsp3) is 0.562. The average Bonchev–Trinajstić information content (AvgIpc) is 2.46. The first-order valence-corrected chi connectivity index (χ1v) is 7.08. The summed E-state index contributed by atoms with van der Waals surface area (Å²) in [6, 6.07) is 7.76. The molecule has 0 heterocycles. The highest BCUT2D eigenvalue weighted by atomic mass is 16.5. The molecule has 0 radical (unpaired) electrons. The van der Waals surface area contributed by atoms with Gasteiger partial charge in [-0.15, -0.1) is 0 Å². The van der Waals surface area contributed by atoms with Gasteiger partial charge in [-0.05, 0) is 33.3 Å². The molecule has 0 fully saturated rings. The number of nitrogens with one attached hydrogen (secondary N) is 1. The van der Waals surface area contributed by atoms with Crippen molar-refractivity contribution >= 4 is 5.97 Å². The van der Waals surface area contributed by atoms with Crippen molar-refractivity contribution < 1.29 is 14.3 Å². The number of esters is 1. The molecule has 0 aliphatic carbocycles. The van der Waals surface area contributed by atoms with Gasteiger partial charge in [0.1, 0.15) is 11.3 Å². The van der Waals surface area contributed by atoms with E-state index in [1.54, 1.807) is 0 Å². The number of benzene rings is 1. The number of hydrogen-bond donors (Lipinski definition) is 1. The Hall–Kier alpha value is -1.55. The molecule has 0 spiro atoms. The van der Waals surface area contributed by atoms with Crippen molar-refractivity contribution in [3.63, 3.8) is 0 Å². The van der Waals surface area contributed by atoms with Crippen molar-refractivity contribution in [2.45, 2.75) is 45.7 Å². The maximum absolute atomic E-state index is 12.3. The van der Waals surface area contributed by atoms with E-state index < -0.39 is 5.54 Å². The fourth-order valence-electron chi connectivity index (χ4n) is 2.21. The van der Waals surface area contributed by atoms with Crippen molar-refractivity contribution in [3.05, 3.63) is 29.8 Å². The van der Waals surface area contributed by atoms with Crippen LogP contribution >= 0.6 is 0 Å². The standard InChI is InChI=1S/C16H25NO3/c1-6-12(3)17-16(4,15(18)19-5)13-10-8-9-11-14(13)20-7-2/h8-12,17H,6-7H2,1-5H3. The summed E-state index contributed by atoms with van der Waals surface area (Å²) in [6.45, 7) is 8.43. The van der Waals surface area contributed by atoms with E-state index in [1.807, 2.05) is 45.0 Å². The molecule has 0 aliphatic heterocycles. The quantitative estimate of drug-likeness (QED) is 0.780. The Morgan fingerprint density at radius 1 is 1.35 bits per heavy atom. The van der Waals surface area contributed by atoms with Crippen LogP contribution in [0.3, 0.4) is 0 Å². The van der Waals surface area contributed by atoms with Gasteiger partial charge in [0.15, 0.2) is 0 Å². The Labute approximate surface area is 121 Å². The van der Waals surface area contributed by atoms with Gasteiger partial charge >= 0.3 is 5.97 Å². The Morgan fingerprint density at radius 2 is 2.00 bits per heavy atom. The summed E-state index contributed by atoms with van der Waals surface area (Å²) in [5.41, 5.74) is -0.121. The van der Waals surface area contributed by atoms with Crippen LogP contribution < -0.4 is 10.1 Å². The van der Waals surface area contributed by atoms with Crippen LogP contribution in [-0.2, 0) is 15.1 Å². The van der Waals surface area contributed by atoms with Crippen molar-refractivity contribution in [2.75, 3.05) is 13.7 Å². The van der Waals surface area contributed by atoms with Gasteiger partial charge in [0.25, 0.3) is 0 Å². The van der Waals surface area contributed by atoms with E-state index in [4.69, 9.17) is 9.47 Å². The topological polar surface area (TPSA) is 47.6 Å². The van der Waals surface area contributed by atoms with E-state index in [0.717, 1.165) is 12.0 Å². The lowest BCUT2D eigenvalue weighted by atomic mass is 9.90. The molecule has 4 nitrogen and oxygen atoms in total. The number of carbonyl (C=O) groups is 1. The summed E-state index contributed by atoms with van der Waals surface area (Å²) in [5, 5.41) is 3.35. The van der Waals surface area contributed by atoms with Crippen LogP contribution in [0.4, 0.5) is 0 Å². The highest BCUT2D eigenvalue weighted by molar-refractivity contribution is 5.83. The molecule has 2 atom stereocenters. The number of carbonyl (C=O) groups excluding carboxylic acids is 1. The zero-order valence-electron chi connectivity index (χ0n) is 13.0. The van der Waals surface area contributed by atoms with Gasteiger partial charge in [-0.25, -0.2) is 4.79 Å². The molecule has 0 saturated carbocycles. The molecule has 0 aromatic heterocycles. The van der Waals surface area contributed by atoms with Crippen molar-refractivity contribution in [1.29, 1.82) is 0 Å². The third-order valence-electron chi connectivity index (χ3n) is 3.47. The summed E-state index contributed by atoms with van der Waals surface area (Å²) in [4.78, 5) is 12.3. The normalized spacial score (nSPS) is 15.2. The maximum Gasteiger partial charge on any atom is 0.330 e. The predicted molar refractivity (Wildman–Crippen MR) is 79.9 cm³/mol. The van der Waals surface area contributed by atoms with Crippen LogP contribution in [-0.4, -0.2) is 25.7 Å². The maximum atomic E-state index is 12.3. The lowest BCUT2D eigenvalue weighted by molar-refractivity contribution is -0.148. The van der Waals surface area contributed by atoms with Gasteiger partial charge in [0.05, 0.1) is 13.7 Å². The van der Waals surface area contributed by atoms with Gasteiger partial charge < -0.3 is 9.47 Å². The molecule has 1 rings (SSSR count). The monoisotopic (exact) mass is 279 g/mol. The van der Waals surface area contributed by atoms with E-state index >= 15 is 0 Å². The molecule has 0 aliphatic rings. The molecular weight excluding hydrogens is 254 g/mol. The molecule has 1 N–H and O–H groups in total. The van der Waals surface area contributed by atoms with Crippen LogP contribution in [0.5, 0.6) is 5.75 Å². The molecule has 0 amide bonds. The average molecular weight is 279 g/mol. The van der Waals surface area contributed by atoms with Crippen molar-refractivity contribution in [3.8, 4) is 5.75 Å². The number of ether oxygens (including phenoxy) is 2. The molecule has 1 aromatic carbocycles. The Kier molecular flexibility index (Phi) is 6.02. The minimum absolute atomic E-state index is 0.189. The van der Waals surface area contributed by atoms with Crippen LogP contribution in [0.15, 0.2) is 24.3 Å². The molecular formula is C16H25NO3. The van der Waals surface area contributed by atoms with Crippen LogP contribution in [0.1, 0.15) is 39.7 Å². The SMILES string of the molecule is CCOc1ccccc1C(C)(NC(C)CC)C(=O)OC. The lowest BCUT2D eigenvalue weighted by Crippen LogP contribution is -2.51. The summed E-state index contributed by atoms with van der Waals surface area (Å²) in [7, 11) is 1.40. The summed E-state index contributed by atoms with van der Waals surface area (Å²) < 4.78 is 10.6. The second-order valence-electron chi connectivity index (χ2n) is 5.00. The van der Waals surface area contributed by atoms with Gasteiger partial charge in [-0.2, -0.15) is 0 Å². The minimum atomic E-state index is -0.921. The van der Waals surface area contributed by atoms with Crippen LogP contribution in [0.2, 0.25) is 0 Å². The van der Waals surface area contributed by atoms with E-state index in [-0.39, 0.29) is 12.0 Å². The molecule has 2 unspecified atom stereocenters. The van der Waals surface area contributed by atoms with E-state index in [9.17, 15) is 4.79 Å². The largest absolute Gasteiger partial charge is 0.494 e. The Morgan fingerprint density at radius 3 is 2.55 bits per heavy atom. The molecule has 1 aromatic rings. The third-order valence-corrected chi connectivity index (χ3v) is 3.47. The van der Waals surface area contributed by atoms with E-state index in [1.165, 1.54) is 7.11 Å². The Balaban J connectivity index is 3.26. The molecule has 0 bridgehead atoms. The molecule has 20 heavy (non-hydrogen) atoms. The second kappa shape index (κ2) is 7.29. The first kappa shape index (κ1) is 16.5. The number of para-hydroxylation sites is 1. The third kappa shape index (κ3) is 3.51. The highest BCUT2D eigenvalue weighted by Gasteiger charge is 2.39. The number of hydrogen-bond acceptors (Lipinski definition) is 4. The van der Waals surface area contributed by atoms with Gasteiger partial charge in [0, 0.05) is 11.6 Å². The van der Waals surface area contributed by atoms with E-state index in [0.29, 0.717) is 12.4 Å². The fourth-order valence-corrected chi connectivity index (χ4v) is 2.21. The summed E-state index contributed by atoms with van der Waals surface area (Å²) >= 11 is 0. The zero-order valence-corrected chi connectivity index (χ0v) is 13.0. The predicted octanol–water partition coefficient (Wildman–Crippen LogP) is 2.86. The summed E-state index contributed by atoms with van der Waals surface area (Å²) in [6.07, 6.45) is 0.920. The van der Waals surface area contributed by atoms with Crippen LogP contribution in [0, 0.1) is 0 Å². The van der Waals surface area contributed by atoms with Gasteiger partial charge in [-0.1, -0.05) is 25.1 Å². The number of methoxy groups -OCH3 is 1. The first-order valence-electron chi connectivity index (χ1n) is 7.08. The smallest absolute Gasteiger partial charge is 0.330 e. The molecule has 4 heteroatoms. The second-order valence-corrected chi connectivity index (χ2v) is 5.00. The van der Waals surface area contributed by atoms with Gasteiger partial charge in [-0.3, -0.25) is 5.32 Å². The van der Waals surface area contributed by atoms with E-state index in [2.05, 4.69) is 12.2 Å². The van der Waals surface area contributed by atoms with Crippen molar-refractivity contribution in [2.24, 2.45) is 0 Å². The van der Waals surface area contributed by atoms with Crippen molar-refractivity contribution in [1.82, 2.24) is 5.32 Å². The zero-order chi connectivity index (χ0) is 15.2. The van der Waals surface area contributed by atoms with Gasteiger partial charge in [0.2, 0.25) is 0 Å². The molecule has 0 saturated heterocycles. The number of rotatable bonds is 7. The lowest BCUT2D eigenvalue weighted by Gasteiger charge is -2.32. The minimum Gasteiger partial charge on any atom is -0.494 e. The van der Waals surface area contributed by atoms with Crippen LogP contribution in [0.25, 0.3) is 0 Å².